The van der Waals surface area contributed by atoms with Crippen molar-refractivity contribution in [1.29, 1.82) is 0 Å². The van der Waals surface area contributed by atoms with Crippen LogP contribution in [0.3, 0.4) is 0 Å². The van der Waals surface area contributed by atoms with Gasteiger partial charge in [-0.25, -0.2) is 0 Å². The molecule has 2 N–H and O–H groups in total. The molecule has 18 heavy (non-hydrogen) atoms. The average molecular weight is 280 g/mol. The number of alkyl halides is 6. The van der Waals surface area contributed by atoms with Gasteiger partial charge in [0.15, 0.2) is 11.2 Å². The van der Waals surface area contributed by atoms with Crippen LogP contribution in [0.2, 0.25) is 0 Å². The maximum atomic E-state index is 12.3. The Balaban J connectivity index is 4.75. The highest BCUT2D eigenvalue weighted by atomic mass is 19.4. The normalized spacial score (nSPS) is 20.1. The summed E-state index contributed by atoms with van der Waals surface area (Å²) in [7, 11) is 0. The summed E-state index contributed by atoms with van der Waals surface area (Å²) in [6, 6.07) is 0. The Morgan fingerprint density at radius 1 is 0.833 bits per heavy atom. The maximum Gasteiger partial charge on any atom is 0.417 e. The lowest BCUT2D eigenvalue weighted by Gasteiger charge is -2.31. The highest BCUT2D eigenvalue weighted by molar-refractivity contribution is 5.07. The molecule has 0 aromatic rings. The van der Waals surface area contributed by atoms with Crippen LogP contribution < -0.4 is 0 Å². The zero-order chi connectivity index (χ0) is 15.0. The van der Waals surface area contributed by atoms with E-state index in [9.17, 15) is 26.3 Å². The molecule has 2 nitrogen and oxygen atoms in total. The summed E-state index contributed by atoms with van der Waals surface area (Å²) in [6.45, 7) is 3.89. The van der Waals surface area contributed by atoms with Gasteiger partial charge in [0.2, 0.25) is 0 Å². The van der Waals surface area contributed by atoms with E-state index < -0.39 is 42.0 Å². The van der Waals surface area contributed by atoms with Crippen LogP contribution in [0.1, 0.15) is 26.7 Å². The van der Waals surface area contributed by atoms with Crippen LogP contribution >= 0.6 is 0 Å². The molecule has 0 aliphatic carbocycles. The first-order valence-corrected chi connectivity index (χ1v) is 4.85. The van der Waals surface area contributed by atoms with E-state index in [0.29, 0.717) is 13.8 Å². The van der Waals surface area contributed by atoms with Gasteiger partial charge in [0.25, 0.3) is 0 Å². The second kappa shape index (κ2) is 4.73. The molecule has 0 aliphatic heterocycles. The van der Waals surface area contributed by atoms with Crippen LogP contribution in [0.15, 0.2) is 12.2 Å². The minimum atomic E-state index is -4.99. The Kier molecular flexibility index (Phi) is 4.53. The smallest absolute Gasteiger partial charge is 0.380 e. The van der Waals surface area contributed by atoms with Crippen molar-refractivity contribution in [3.63, 3.8) is 0 Å². The third-order valence-corrected chi connectivity index (χ3v) is 2.41. The molecule has 0 heterocycles. The van der Waals surface area contributed by atoms with Gasteiger partial charge >= 0.3 is 12.4 Å². The van der Waals surface area contributed by atoms with Crippen molar-refractivity contribution in [2.75, 3.05) is 0 Å². The summed E-state index contributed by atoms with van der Waals surface area (Å²) in [6.07, 6.45) is -12.2. The molecule has 0 aromatic heterocycles. The fourth-order valence-corrected chi connectivity index (χ4v) is 1.24. The van der Waals surface area contributed by atoms with Gasteiger partial charge in [0.1, 0.15) is 0 Å². The molecule has 0 rings (SSSR count). The molecule has 0 saturated heterocycles. The van der Waals surface area contributed by atoms with Gasteiger partial charge in [-0.05, 0) is 13.8 Å². The Morgan fingerprint density at radius 3 is 1.22 bits per heavy atom. The van der Waals surface area contributed by atoms with Gasteiger partial charge in [0, 0.05) is 12.8 Å². The number of hydrogen-bond donors (Lipinski definition) is 2. The van der Waals surface area contributed by atoms with Gasteiger partial charge in [-0.1, -0.05) is 12.2 Å². The standard InChI is InChI=1S/C10H14F6O2/c1-6(4-7(2,17)9(11,12)13)5-8(3,18)10(14,15)16/h17-18H,1,4-5H2,2-3H3. The summed E-state index contributed by atoms with van der Waals surface area (Å²) in [5, 5.41) is 18.1. The van der Waals surface area contributed by atoms with E-state index >= 15 is 0 Å². The lowest BCUT2D eigenvalue weighted by molar-refractivity contribution is -0.258. The molecule has 2 unspecified atom stereocenters. The predicted octanol–water partition coefficient (Wildman–Crippen LogP) is 2.95. The minimum Gasteiger partial charge on any atom is -0.380 e. The van der Waals surface area contributed by atoms with Crippen LogP contribution in [0, 0.1) is 0 Å². The van der Waals surface area contributed by atoms with E-state index in [1.54, 1.807) is 0 Å². The topological polar surface area (TPSA) is 40.5 Å². The molecular weight excluding hydrogens is 266 g/mol. The van der Waals surface area contributed by atoms with Crippen molar-refractivity contribution in [1.82, 2.24) is 0 Å². The molecule has 0 bridgehead atoms. The Labute approximate surface area is 99.9 Å². The molecule has 0 aliphatic rings. The Morgan fingerprint density at radius 2 is 1.06 bits per heavy atom. The monoisotopic (exact) mass is 280 g/mol. The molecule has 0 amide bonds. The van der Waals surface area contributed by atoms with Crippen LogP contribution in [0.4, 0.5) is 26.3 Å². The number of hydrogen-bond acceptors (Lipinski definition) is 2. The highest BCUT2D eigenvalue weighted by Crippen LogP contribution is 2.39. The summed E-state index contributed by atoms with van der Waals surface area (Å²) < 4.78 is 73.7. The fraction of sp³-hybridized carbons (Fsp3) is 0.800. The van der Waals surface area contributed by atoms with Gasteiger partial charge in [-0.2, -0.15) is 26.3 Å². The van der Waals surface area contributed by atoms with E-state index in [4.69, 9.17) is 10.2 Å². The lowest BCUT2D eigenvalue weighted by atomic mass is 9.89. The van der Waals surface area contributed by atoms with Gasteiger partial charge in [0.05, 0.1) is 0 Å². The van der Waals surface area contributed by atoms with Crippen molar-refractivity contribution in [3.8, 4) is 0 Å². The Bertz CT molecular complexity index is 283. The van der Waals surface area contributed by atoms with Crippen LogP contribution in [-0.2, 0) is 0 Å². The van der Waals surface area contributed by atoms with Crippen LogP contribution in [0.5, 0.6) is 0 Å². The molecule has 0 spiro atoms. The summed E-state index contributed by atoms with van der Waals surface area (Å²) in [5.41, 5.74) is -6.89. The second-order valence-corrected chi connectivity index (χ2v) is 4.65. The number of halogens is 6. The van der Waals surface area contributed by atoms with E-state index in [2.05, 4.69) is 6.58 Å². The first kappa shape index (κ1) is 17.2. The SMILES string of the molecule is C=C(CC(C)(O)C(F)(F)F)CC(C)(O)C(F)(F)F. The lowest BCUT2D eigenvalue weighted by Crippen LogP contribution is -2.45. The van der Waals surface area contributed by atoms with Gasteiger partial charge in [-0.15, -0.1) is 0 Å². The van der Waals surface area contributed by atoms with Crippen molar-refractivity contribution in [3.05, 3.63) is 12.2 Å². The van der Waals surface area contributed by atoms with Gasteiger partial charge < -0.3 is 10.2 Å². The number of aliphatic hydroxyl groups is 2. The number of rotatable bonds is 4. The zero-order valence-corrected chi connectivity index (χ0v) is 9.78. The molecular formula is C10H14F6O2. The molecule has 8 heteroatoms. The van der Waals surface area contributed by atoms with E-state index in [-0.39, 0.29) is 0 Å². The summed E-state index contributed by atoms with van der Waals surface area (Å²) >= 11 is 0. The summed E-state index contributed by atoms with van der Waals surface area (Å²) in [4.78, 5) is 0. The average Bonchev–Trinajstić information content (AvgIpc) is 1.95. The van der Waals surface area contributed by atoms with E-state index in [1.807, 2.05) is 0 Å². The molecule has 2 atom stereocenters. The predicted molar refractivity (Wildman–Crippen MR) is 51.7 cm³/mol. The van der Waals surface area contributed by atoms with Crippen molar-refractivity contribution >= 4 is 0 Å². The third-order valence-electron chi connectivity index (χ3n) is 2.41. The first-order chi connectivity index (χ1) is 7.60. The molecule has 108 valence electrons. The minimum absolute atomic E-state index is 0.431. The van der Waals surface area contributed by atoms with Crippen LogP contribution in [0.25, 0.3) is 0 Å². The van der Waals surface area contributed by atoms with Crippen molar-refractivity contribution in [2.45, 2.75) is 50.2 Å². The van der Waals surface area contributed by atoms with E-state index in [0.717, 1.165) is 0 Å². The molecule has 0 aromatic carbocycles. The van der Waals surface area contributed by atoms with Crippen molar-refractivity contribution in [2.24, 2.45) is 0 Å². The zero-order valence-electron chi connectivity index (χ0n) is 9.78. The highest BCUT2D eigenvalue weighted by Gasteiger charge is 2.53. The first-order valence-electron chi connectivity index (χ1n) is 4.85. The summed E-state index contributed by atoms with van der Waals surface area (Å²) in [5.74, 6) is 0. The third kappa shape index (κ3) is 4.16. The molecule has 0 radical (unpaired) electrons. The molecule has 0 saturated carbocycles. The van der Waals surface area contributed by atoms with Crippen molar-refractivity contribution < 1.29 is 36.6 Å². The van der Waals surface area contributed by atoms with Gasteiger partial charge in [-0.3, -0.25) is 0 Å². The largest absolute Gasteiger partial charge is 0.417 e. The molecule has 0 fully saturated rings. The maximum absolute atomic E-state index is 12.3. The Hall–Kier alpha value is -0.760. The quantitative estimate of drug-likeness (QED) is 0.614. The van der Waals surface area contributed by atoms with Crippen LogP contribution in [-0.4, -0.2) is 33.8 Å². The van der Waals surface area contributed by atoms with E-state index in [1.165, 1.54) is 0 Å². The fourth-order valence-electron chi connectivity index (χ4n) is 1.24. The second-order valence-electron chi connectivity index (χ2n) is 4.65.